The minimum atomic E-state index is -4.44. The molecular formula is C16H17F3N4O. The molecule has 0 aliphatic heterocycles. The zero-order chi connectivity index (χ0) is 17.2. The highest BCUT2D eigenvalue weighted by molar-refractivity contribution is 5.65. The first kappa shape index (κ1) is 15.4. The van der Waals surface area contributed by atoms with Gasteiger partial charge in [0.15, 0.2) is 0 Å². The van der Waals surface area contributed by atoms with E-state index in [1.165, 1.54) is 12.1 Å². The molecule has 5 nitrogen and oxygen atoms in total. The third-order valence-corrected chi connectivity index (χ3v) is 5.33. The van der Waals surface area contributed by atoms with E-state index in [-0.39, 0.29) is 28.6 Å². The Hall–Kier alpha value is -2.09. The number of nitrogens with one attached hydrogen (secondary N) is 1. The first-order valence-electron chi connectivity index (χ1n) is 7.74. The van der Waals surface area contributed by atoms with E-state index in [2.05, 4.69) is 15.5 Å². The fourth-order valence-electron chi connectivity index (χ4n) is 4.14. The van der Waals surface area contributed by atoms with Crippen LogP contribution in [0.3, 0.4) is 0 Å². The highest BCUT2D eigenvalue weighted by Gasteiger charge is 2.67. The molecular weight excluding hydrogens is 321 g/mol. The summed E-state index contributed by atoms with van der Waals surface area (Å²) in [5.74, 6) is 0.186. The molecule has 3 N–H and O–H groups in total. The highest BCUT2D eigenvalue weighted by Crippen LogP contribution is 2.67. The molecule has 2 bridgehead atoms. The van der Waals surface area contributed by atoms with E-state index in [9.17, 15) is 13.2 Å². The lowest BCUT2D eigenvalue weighted by Gasteiger charge is -2.71. The quantitative estimate of drug-likeness (QED) is 0.893. The van der Waals surface area contributed by atoms with Gasteiger partial charge in [0, 0.05) is 22.8 Å². The SMILES string of the molecule is C[C@H](Nc1cc(-c2nnco2)ccc1C(F)(F)F)C12CC(N)(C1)C2. The summed E-state index contributed by atoms with van der Waals surface area (Å²) in [5, 5.41) is 10.4. The third-order valence-electron chi connectivity index (χ3n) is 5.33. The molecule has 8 heteroatoms. The van der Waals surface area contributed by atoms with Crippen molar-refractivity contribution in [2.45, 2.75) is 43.9 Å². The summed E-state index contributed by atoms with van der Waals surface area (Å²) in [7, 11) is 0. The molecule has 1 aromatic heterocycles. The van der Waals surface area contributed by atoms with Gasteiger partial charge in [0.1, 0.15) is 0 Å². The molecule has 0 amide bonds. The summed E-state index contributed by atoms with van der Waals surface area (Å²) in [5.41, 5.74) is 5.75. The molecule has 3 aliphatic rings. The second kappa shape index (κ2) is 4.72. The van der Waals surface area contributed by atoms with E-state index in [0.717, 1.165) is 31.7 Å². The van der Waals surface area contributed by atoms with Crippen LogP contribution in [0.15, 0.2) is 29.0 Å². The first-order chi connectivity index (χ1) is 11.2. The molecule has 128 valence electrons. The smallest absolute Gasteiger partial charge is 0.418 e. The first-order valence-corrected chi connectivity index (χ1v) is 7.74. The standard InChI is InChI=1S/C16H17F3N4O/c1-9(14-5-15(20,6-14)7-14)22-12-4-10(13-23-21-8-24-13)2-3-11(12)16(17,18)19/h2-4,8-9,22H,5-7,20H2,1H3/t9-,14?,15?/m0/s1. The lowest BCUT2D eigenvalue weighted by molar-refractivity contribution is -0.142. The Morgan fingerprint density at radius 2 is 2.00 bits per heavy atom. The van der Waals surface area contributed by atoms with Crippen molar-refractivity contribution in [3.63, 3.8) is 0 Å². The molecule has 3 fully saturated rings. The van der Waals surface area contributed by atoms with E-state index < -0.39 is 11.7 Å². The van der Waals surface area contributed by atoms with Crippen LogP contribution >= 0.6 is 0 Å². The number of anilines is 1. The van der Waals surface area contributed by atoms with Crippen molar-refractivity contribution in [2.24, 2.45) is 11.1 Å². The summed E-state index contributed by atoms with van der Waals surface area (Å²) in [4.78, 5) is 0. The molecule has 3 aliphatic carbocycles. The molecule has 0 radical (unpaired) electrons. The van der Waals surface area contributed by atoms with Gasteiger partial charge < -0.3 is 15.5 Å². The summed E-state index contributed by atoms with van der Waals surface area (Å²) in [6.07, 6.45) is -0.716. The second-order valence-corrected chi connectivity index (χ2v) is 7.12. The lowest BCUT2D eigenvalue weighted by Crippen LogP contribution is -2.76. The molecule has 24 heavy (non-hydrogen) atoms. The van der Waals surface area contributed by atoms with Crippen molar-refractivity contribution in [3.05, 3.63) is 30.2 Å². The van der Waals surface area contributed by atoms with Crippen LogP contribution in [0.4, 0.5) is 18.9 Å². The number of halogens is 3. The molecule has 0 unspecified atom stereocenters. The number of nitrogens with two attached hydrogens (primary N) is 1. The van der Waals surface area contributed by atoms with E-state index in [0.29, 0.717) is 5.56 Å². The zero-order valence-electron chi connectivity index (χ0n) is 13.0. The van der Waals surface area contributed by atoms with Gasteiger partial charge in [-0.1, -0.05) is 0 Å². The third kappa shape index (κ3) is 2.28. The molecule has 0 saturated heterocycles. The Morgan fingerprint density at radius 3 is 2.54 bits per heavy atom. The molecule has 2 aromatic rings. The van der Waals surface area contributed by atoms with E-state index in [1.54, 1.807) is 0 Å². The number of nitrogens with zero attached hydrogens (tertiary/aromatic N) is 2. The van der Waals surface area contributed by atoms with Gasteiger partial charge in [0.2, 0.25) is 12.3 Å². The molecule has 3 saturated carbocycles. The van der Waals surface area contributed by atoms with Crippen molar-refractivity contribution in [3.8, 4) is 11.5 Å². The largest absolute Gasteiger partial charge is 0.423 e. The molecule has 0 spiro atoms. The number of rotatable bonds is 4. The summed E-state index contributed by atoms with van der Waals surface area (Å²) in [6.45, 7) is 1.91. The average Bonchev–Trinajstić information content (AvgIpc) is 2.95. The van der Waals surface area contributed by atoms with Crippen molar-refractivity contribution in [1.29, 1.82) is 0 Å². The number of benzene rings is 1. The topological polar surface area (TPSA) is 77.0 Å². The summed E-state index contributed by atoms with van der Waals surface area (Å²) in [6, 6.07) is 3.70. The summed E-state index contributed by atoms with van der Waals surface area (Å²) < 4.78 is 45.1. The Bertz CT molecular complexity index is 752. The van der Waals surface area contributed by atoms with Crippen LogP contribution in [0.25, 0.3) is 11.5 Å². The minimum Gasteiger partial charge on any atom is -0.423 e. The normalized spacial score (nSPS) is 29.5. The maximum Gasteiger partial charge on any atom is 0.418 e. The van der Waals surface area contributed by atoms with Gasteiger partial charge >= 0.3 is 6.18 Å². The Morgan fingerprint density at radius 1 is 1.29 bits per heavy atom. The van der Waals surface area contributed by atoms with Gasteiger partial charge in [0.05, 0.1) is 5.56 Å². The predicted octanol–water partition coefficient (Wildman–Crippen LogP) is 3.44. The fraction of sp³-hybridized carbons (Fsp3) is 0.500. The van der Waals surface area contributed by atoms with Crippen LogP contribution in [0, 0.1) is 5.41 Å². The second-order valence-electron chi connectivity index (χ2n) is 7.12. The number of hydrogen-bond donors (Lipinski definition) is 2. The number of hydrogen-bond acceptors (Lipinski definition) is 5. The van der Waals surface area contributed by atoms with Crippen LogP contribution in [-0.4, -0.2) is 21.8 Å². The maximum atomic E-state index is 13.3. The predicted molar refractivity (Wildman–Crippen MR) is 81.0 cm³/mol. The van der Waals surface area contributed by atoms with Crippen LogP contribution in [0.2, 0.25) is 0 Å². The van der Waals surface area contributed by atoms with Crippen LogP contribution < -0.4 is 11.1 Å². The van der Waals surface area contributed by atoms with E-state index in [1.807, 2.05) is 6.92 Å². The molecule has 5 rings (SSSR count). The minimum absolute atomic E-state index is 0.0120. The van der Waals surface area contributed by atoms with Gasteiger partial charge in [0.25, 0.3) is 0 Å². The van der Waals surface area contributed by atoms with Crippen LogP contribution in [0.5, 0.6) is 0 Å². The number of alkyl halides is 3. The lowest BCUT2D eigenvalue weighted by atomic mass is 9.37. The van der Waals surface area contributed by atoms with Gasteiger partial charge in [-0.25, -0.2) is 0 Å². The van der Waals surface area contributed by atoms with Crippen molar-refractivity contribution < 1.29 is 17.6 Å². The van der Waals surface area contributed by atoms with Crippen LogP contribution in [-0.2, 0) is 6.18 Å². The van der Waals surface area contributed by atoms with Gasteiger partial charge in [-0.05, 0) is 49.8 Å². The monoisotopic (exact) mass is 338 g/mol. The van der Waals surface area contributed by atoms with E-state index in [4.69, 9.17) is 10.2 Å². The Labute approximate surface area is 136 Å². The van der Waals surface area contributed by atoms with E-state index >= 15 is 0 Å². The molecule has 1 aromatic carbocycles. The van der Waals surface area contributed by atoms with Crippen LogP contribution in [0.1, 0.15) is 31.7 Å². The van der Waals surface area contributed by atoms with Crippen molar-refractivity contribution in [1.82, 2.24) is 10.2 Å². The van der Waals surface area contributed by atoms with Gasteiger partial charge in [-0.3, -0.25) is 0 Å². The Kier molecular flexibility index (Phi) is 3.04. The Balaban J connectivity index is 1.65. The highest BCUT2D eigenvalue weighted by atomic mass is 19.4. The number of aromatic nitrogens is 2. The average molecular weight is 338 g/mol. The molecule has 1 heterocycles. The van der Waals surface area contributed by atoms with Gasteiger partial charge in [-0.15, -0.1) is 10.2 Å². The fourth-order valence-corrected chi connectivity index (χ4v) is 4.14. The molecule has 1 atom stereocenters. The van der Waals surface area contributed by atoms with Crippen molar-refractivity contribution >= 4 is 5.69 Å². The van der Waals surface area contributed by atoms with Gasteiger partial charge in [-0.2, -0.15) is 13.2 Å². The maximum absolute atomic E-state index is 13.3. The zero-order valence-corrected chi connectivity index (χ0v) is 13.0. The summed E-state index contributed by atoms with van der Waals surface area (Å²) >= 11 is 0. The van der Waals surface area contributed by atoms with Crippen molar-refractivity contribution in [2.75, 3.05) is 5.32 Å².